The molecule has 0 fully saturated rings. The number of carbonyl (C=O) groups excluding carboxylic acids is 1. The molecule has 0 aliphatic rings. The molecule has 2 N–H and O–H groups in total. The molecule has 0 amide bonds. The van der Waals surface area contributed by atoms with Crippen molar-refractivity contribution in [2.45, 2.75) is 86.5 Å². The van der Waals surface area contributed by atoms with E-state index in [-0.39, 0.29) is 18.3 Å². The first-order valence-electron chi connectivity index (χ1n) is 15.9. The number of aryl methyl sites for hydroxylation is 3. The number of aromatic hydroxyl groups is 1. The molecule has 0 aliphatic heterocycles. The highest BCUT2D eigenvalue weighted by Crippen LogP contribution is 2.32. The van der Waals surface area contributed by atoms with Crippen LogP contribution in [-0.4, -0.2) is 28.6 Å². The molecule has 0 unspecified atom stereocenters. The standard InChI is InChI=1S/C20H22Cl2O.C20H24O4/c1-12(2)17-8-15(6-5-13(17)3)9-18-19(21)10-16(7-14(4)23)11-20(18)22;1-12(2)17-9-15(5-6-19(17)21)10-18-13(3)7-16(8-14(18)4)24-11-20(22)23/h5-6,8,10-12H,7,9H2,1-4H3;5-9,12,21H,10-11H2,1-4H3,(H,22,23). The number of hydrogen-bond donors (Lipinski definition) is 2. The van der Waals surface area contributed by atoms with Crippen LogP contribution in [0, 0.1) is 20.8 Å². The molecule has 4 aromatic rings. The normalized spacial score (nSPS) is 11.0. The van der Waals surface area contributed by atoms with Crippen LogP contribution in [0.3, 0.4) is 0 Å². The van der Waals surface area contributed by atoms with E-state index < -0.39 is 5.97 Å². The lowest BCUT2D eigenvalue weighted by molar-refractivity contribution is -0.139. The minimum absolute atomic E-state index is 0.102. The van der Waals surface area contributed by atoms with Crippen LogP contribution in [-0.2, 0) is 28.9 Å². The highest BCUT2D eigenvalue weighted by atomic mass is 35.5. The molecule has 0 heterocycles. The van der Waals surface area contributed by atoms with Crippen LogP contribution >= 0.6 is 23.2 Å². The van der Waals surface area contributed by atoms with E-state index >= 15 is 0 Å². The molecule has 0 radical (unpaired) electrons. The summed E-state index contributed by atoms with van der Waals surface area (Å²) in [5, 5.41) is 19.9. The Kier molecular flexibility index (Phi) is 13.5. The lowest BCUT2D eigenvalue weighted by Crippen LogP contribution is -2.10. The minimum atomic E-state index is -0.986. The number of ether oxygens (including phenoxy) is 1. The molecule has 0 aliphatic carbocycles. The molecule has 0 saturated carbocycles. The monoisotopic (exact) mass is 676 g/mol. The highest BCUT2D eigenvalue weighted by molar-refractivity contribution is 6.36. The Morgan fingerprint density at radius 2 is 1.21 bits per heavy atom. The molecule has 250 valence electrons. The van der Waals surface area contributed by atoms with Gasteiger partial charge in [-0.3, -0.25) is 4.79 Å². The third kappa shape index (κ3) is 10.9. The Bertz CT molecular complexity index is 1690. The van der Waals surface area contributed by atoms with E-state index in [0.29, 0.717) is 40.3 Å². The van der Waals surface area contributed by atoms with Gasteiger partial charge in [0.2, 0.25) is 0 Å². The van der Waals surface area contributed by atoms with Crippen LogP contribution in [0.5, 0.6) is 11.5 Å². The molecule has 5 nitrogen and oxygen atoms in total. The fourth-order valence-corrected chi connectivity index (χ4v) is 6.35. The summed E-state index contributed by atoms with van der Waals surface area (Å²) < 4.78 is 5.27. The van der Waals surface area contributed by atoms with Crippen molar-refractivity contribution in [2.75, 3.05) is 6.61 Å². The molecule has 0 saturated heterocycles. The number of phenols is 1. The average molecular weight is 678 g/mol. The molecule has 0 spiro atoms. The van der Waals surface area contributed by atoms with Gasteiger partial charge < -0.3 is 14.9 Å². The average Bonchev–Trinajstić information content (AvgIpc) is 2.97. The van der Waals surface area contributed by atoms with Gasteiger partial charge in [-0.2, -0.15) is 0 Å². The Balaban J connectivity index is 0.000000256. The Morgan fingerprint density at radius 3 is 1.72 bits per heavy atom. The maximum absolute atomic E-state index is 11.3. The lowest BCUT2D eigenvalue weighted by atomic mass is 9.93. The molecule has 47 heavy (non-hydrogen) atoms. The first-order chi connectivity index (χ1) is 22.0. The first kappa shape index (κ1) is 37.7. The number of carboxylic acid groups (broad SMARTS) is 1. The molecule has 4 aromatic carbocycles. The number of rotatable bonds is 11. The Hall–Kier alpha value is -3.80. The maximum Gasteiger partial charge on any atom is 0.341 e. The van der Waals surface area contributed by atoms with Gasteiger partial charge in [-0.05, 0) is 132 Å². The van der Waals surface area contributed by atoms with Crippen molar-refractivity contribution in [3.05, 3.63) is 126 Å². The third-order valence-corrected chi connectivity index (χ3v) is 8.80. The van der Waals surface area contributed by atoms with Gasteiger partial charge in [0.1, 0.15) is 17.3 Å². The van der Waals surface area contributed by atoms with Gasteiger partial charge in [-0.25, -0.2) is 4.79 Å². The predicted octanol–water partition coefficient (Wildman–Crippen LogP) is 10.3. The number of carboxylic acids is 1. The lowest BCUT2D eigenvalue weighted by Gasteiger charge is -2.15. The molecule has 0 bridgehead atoms. The molecule has 7 heteroatoms. The zero-order chi connectivity index (χ0) is 35.0. The first-order valence-corrected chi connectivity index (χ1v) is 16.6. The second kappa shape index (κ2) is 16.9. The van der Waals surface area contributed by atoms with Gasteiger partial charge in [-0.1, -0.05) is 81.2 Å². The zero-order valence-corrected chi connectivity index (χ0v) is 30.1. The number of benzene rings is 4. The number of ketones is 1. The largest absolute Gasteiger partial charge is 0.508 e. The SMILES string of the molecule is CC(=O)Cc1cc(Cl)c(Cc2ccc(C)c(C(C)C)c2)c(Cl)c1.Cc1cc(OCC(=O)O)cc(C)c1Cc1ccc(O)c(C(C)C)c1. The predicted molar refractivity (Wildman–Crippen MR) is 193 cm³/mol. The van der Waals surface area contributed by atoms with E-state index in [4.69, 9.17) is 33.0 Å². The summed E-state index contributed by atoms with van der Waals surface area (Å²) in [6, 6.07) is 19.7. The minimum Gasteiger partial charge on any atom is -0.508 e. The van der Waals surface area contributed by atoms with E-state index in [0.717, 1.165) is 39.8 Å². The fraction of sp³-hybridized carbons (Fsp3) is 0.350. The van der Waals surface area contributed by atoms with Crippen molar-refractivity contribution >= 4 is 35.0 Å². The smallest absolute Gasteiger partial charge is 0.341 e. The summed E-state index contributed by atoms with van der Waals surface area (Å²) in [4.78, 5) is 21.9. The third-order valence-electron chi connectivity index (χ3n) is 8.13. The van der Waals surface area contributed by atoms with Gasteiger partial charge in [-0.15, -0.1) is 0 Å². The van der Waals surface area contributed by atoms with Crippen LogP contribution in [0.15, 0.2) is 60.7 Å². The number of Topliss-reactive ketones (excluding diaryl/α,β-unsaturated/α-hetero) is 1. The van der Waals surface area contributed by atoms with E-state index in [1.54, 1.807) is 13.0 Å². The zero-order valence-electron chi connectivity index (χ0n) is 28.6. The molecular formula is C40H46Cl2O5. The number of halogens is 2. The molecular weight excluding hydrogens is 631 g/mol. The van der Waals surface area contributed by atoms with Gasteiger partial charge >= 0.3 is 5.97 Å². The van der Waals surface area contributed by atoms with Crippen molar-refractivity contribution in [1.29, 1.82) is 0 Å². The molecule has 4 rings (SSSR count). The summed E-state index contributed by atoms with van der Waals surface area (Å²) in [7, 11) is 0. The number of phenolic OH excluding ortho intramolecular Hbond substituents is 1. The number of aliphatic carboxylic acids is 1. The maximum atomic E-state index is 11.3. The summed E-state index contributed by atoms with van der Waals surface area (Å²) in [5.74, 6) is 0.770. The summed E-state index contributed by atoms with van der Waals surface area (Å²) >= 11 is 12.8. The van der Waals surface area contributed by atoms with Crippen LogP contribution in [0.25, 0.3) is 0 Å². The van der Waals surface area contributed by atoms with Crippen molar-refractivity contribution in [3.63, 3.8) is 0 Å². The van der Waals surface area contributed by atoms with E-state index in [1.807, 2.05) is 50.2 Å². The highest BCUT2D eigenvalue weighted by Gasteiger charge is 2.13. The van der Waals surface area contributed by atoms with Crippen LogP contribution in [0.2, 0.25) is 10.0 Å². The second-order valence-corrected chi connectivity index (χ2v) is 13.7. The van der Waals surface area contributed by atoms with Crippen molar-refractivity contribution < 1.29 is 24.5 Å². The second-order valence-electron chi connectivity index (χ2n) is 12.9. The number of hydrogen-bond acceptors (Lipinski definition) is 4. The summed E-state index contributed by atoms with van der Waals surface area (Å²) in [5.41, 5.74) is 11.0. The van der Waals surface area contributed by atoms with E-state index in [2.05, 4.69) is 52.8 Å². The topological polar surface area (TPSA) is 83.8 Å². The Morgan fingerprint density at radius 1 is 0.702 bits per heavy atom. The van der Waals surface area contributed by atoms with E-state index in [1.165, 1.54) is 22.3 Å². The van der Waals surface area contributed by atoms with Crippen LogP contribution in [0.4, 0.5) is 0 Å². The van der Waals surface area contributed by atoms with Crippen molar-refractivity contribution in [2.24, 2.45) is 0 Å². The van der Waals surface area contributed by atoms with Crippen molar-refractivity contribution in [1.82, 2.24) is 0 Å². The van der Waals surface area contributed by atoms with Gasteiger partial charge in [0.25, 0.3) is 0 Å². The quantitative estimate of drug-likeness (QED) is 0.165. The number of carbonyl (C=O) groups is 2. The van der Waals surface area contributed by atoms with Crippen LogP contribution in [0.1, 0.15) is 102 Å². The van der Waals surface area contributed by atoms with Gasteiger partial charge in [0, 0.05) is 22.9 Å². The summed E-state index contributed by atoms with van der Waals surface area (Å²) in [6.07, 6.45) is 1.82. The van der Waals surface area contributed by atoms with Crippen LogP contribution < -0.4 is 4.74 Å². The van der Waals surface area contributed by atoms with Gasteiger partial charge in [0.15, 0.2) is 6.61 Å². The Labute approximate surface area is 289 Å². The van der Waals surface area contributed by atoms with Gasteiger partial charge in [0.05, 0.1) is 0 Å². The molecule has 0 aromatic heterocycles. The van der Waals surface area contributed by atoms with Crippen molar-refractivity contribution in [3.8, 4) is 11.5 Å². The molecule has 0 atom stereocenters. The fourth-order valence-electron chi connectivity index (χ4n) is 5.68. The summed E-state index contributed by atoms with van der Waals surface area (Å²) in [6.45, 7) is 15.9. The van der Waals surface area contributed by atoms with E-state index in [9.17, 15) is 14.7 Å².